The number of benzene rings is 1. The average molecular weight is 221 g/mol. The molecule has 0 radical (unpaired) electrons. The fourth-order valence-corrected chi connectivity index (χ4v) is 1.93. The predicted octanol–water partition coefficient (Wildman–Crippen LogP) is 3.04. The summed E-state index contributed by atoms with van der Waals surface area (Å²) in [6.07, 6.45) is 5.46. The highest BCUT2D eigenvalue weighted by Gasteiger charge is 2.11. The Bertz CT molecular complexity index is 668. The first-order chi connectivity index (χ1) is 8.40. The highest BCUT2D eigenvalue weighted by molar-refractivity contribution is 5.72. The summed E-state index contributed by atoms with van der Waals surface area (Å²) in [6, 6.07) is 12.0. The van der Waals surface area contributed by atoms with E-state index in [1.807, 2.05) is 34.9 Å². The molecule has 0 unspecified atom stereocenters. The number of rotatable bonds is 2. The molecule has 0 aliphatic carbocycles. The van der Waals surface area contributed by atoms with Gasteiger partial charge in [0.25, 0.3) is 0 Å². The van der Waals surface area contributed by atoms with Gasteiger partial charge in [-0.25, -0.2) is 9.97 Å². The predicted molar refractivity (Wildman–Crippen MR) is 68.5 cm³/mol. The van der Waals surface area contributed by atoms with Crippen LogP contribution in [0.4, 0.5) is 0 Å². The molecule has 2 aromatic heterocycles. The lowest BCUT2D eigenvalue weighted by Crippen LogP contribution is -1.89. The van der Waals surface area contributed by atoms with E-state index in [1.165, 1.54) is 0 Å². The standard InChI is InChI=1S/C14H11N3/c1-2-12-13(11-7-4-3-5-8-11)17-10-6-9-15-14(17)16-12/h2-10H,1H2. The monoisotopic (exact) mass is 221 g/mol. The van der Waals surface area contributed by atoms with E-state index in [4.69, 9.17) is 0 Å². The molecule has 0 amide bonds. The minimum absolute atomic E-state index is 0.696. The molecular formula is C14H11N3. The van der Waals surface area contributed by atoms with E-state index < -0.39 is 0 Å². The summed E-state index contributed by atoms with van der Waals surface area (Å²) in [7, 11) is 0. The van der Waals surface area contributed by atoms with Crippen LogP contribution in [-0.4, -0.2) is 14.4 Å². The second-order valence-electron chi connectivity index (χ2n) is 3.71. The molecule has 0 aliphatic rings. The van der Waals surface area contributed by atoms with Gasteiger partial charge in [-0.2, -0.15) is 0 Å². The fourth-order valence-electron chi connectivity index (χ4n) is 1.93. The Hall–Kier alpha value is -2.42. The molecule has 0 fully saturated rings. The summed E-state index contributed by atoms with van der Waals surface area (Å²) in [4.78, 5) is 8.68. The number of fused-ring (bicyclic) bond motifs is 1. The third kappa shape index (κ3) is 1.52. The SMILES string of the molecule is C=Cc1nc2ncccn2c1-c1ccccc1. The van der Waals surface area contributed by atoms with Crippen LogP contribution in [0.1, 0.15) is 5.69 Å². The van der Waals surface area contributed by atoms with Crippen molar-refractivity contribution in [3.8, 4) is 11.3 Å². The summed E-state index contributed by atoms with van der Waals surface area (Å²) in [5.41, 5.74) is 3.00. The molecule has 3 heteroatoms. The number of nitrogens with zero attached hydrogens (tertiary/aromatic N) is 3. The van der Waals surface area contributed by atoms with Crippen molar-refractivity contribution in [2.75, 3.05) is 0 Å². The first kappa shape index (κ1) is 9.78. The van der Waals surface area contributed by atoms with Gasteiger partial charge < -0.3 is 0 Å². The van der Waals surface area contributed by atoms with Gasteiger partial charge in [-0.15, -0.1) is 0 Å². The number of imidazole rings is 1. The molecule has 0 bridgehead atoms. The molecule has 0 N–H and O–H groups in total. The minimum Gasteiger partial charge on any atom is -0.283 e. The third-order valence-electron chi connectivity index (χ3n) is 2.67. The highest BCUT2D eigenvalue weighted by Crippen LogP contribution is 2.24. The molecule has 82 valence electrons. The topological polar surface area (TPSA) is 30.2 Å². The van der Waals surface area contributed by atoms with Gasteiger partial charge in [-0.3, -0.25) is 4.40 Å². The lowest BCUT2D eigenvalue weighted by Gasteiger charge is -2.02. The molecule has 1 aromatic carbocycles. The summed E-state index contributed by atoms with van der Waals surface area (Å²) < 4.78 is 1.98. The Morgan fingerprint density at radius 2 is 1.94 bits per heavy atom. The highest BCUT2D eigenvalue weighted by atomic mass is 15.1. The van der Waals surface area contributed by atoms with Crippen LogP contribution in [0.2, 0.25) is 0 Å². The van der Waals surface area contributed by atoms with Crippen molar-refractivity contribution in [3.05, 3.63) is 61.1 Å². The van der Waals surface area contributed by atoms with Gasteiger partial charge in [-0.1, -0.05) is 36.9 Å². The zero-order valence-corrected chi connectivity index (χ0v) is 9.24. The smallest absolute Gasteiger partial charge is 0.234 e. The first-order valence-corrected chi connectivity index (χ1v) is 5.41. The van der Waals surface area contributed by atoms with Crippen LogP contribution in [0.25, 0.3) is 23.1 Å². The maximum atomic E-state index is 4.44. The zero-order chi connectivity index (χ0) is 11.7. The zero-order valence-electron chi connectivity index (χ0n) is 9.24. The maximum Gasteiger partial charge on any atom is 0.234 e. The Kier molecular flexibility index (Phi) is 2.22. The maximum absolute atomic E-state index is 4.44. The number of hydrogen-bond donors (Lipinski definition) is 0. The van der Waals surface area contributed by atoms with E-state index in [1.54, 1.807) is 12.3 Å². The van der Waals surface area contributed by atoms with Crippen LogP contribution in [0.15, 0.2) is 55.4 Å². The molecule has 3 rings (SSSR count). The van der Waals surface area contributed by atoms with Crippen molar-refractivity contribution in [1.29, 1.82) is 0 Å². The van der Waals surface area contributed by atoms with Gasteiger partial charge in [0.05, 0.1) is 11.4 Å². The molecular weight excluding hydrogens is 210 g/mol. The number of hydrogen-bond acceptors (Lipinski definition) is 2. The number of aromatic nitrogens is 3. The van der Waals surface area contributed by atoms with Crippen LogP contribution in [-0.2, 0) is 0 Å². The summed E-state index contributed by atoms with van der Waals surface area (Å²) in [5.74, 6) is 0.696. The van der Waals surface area contributed by atoms with Gasteiger partial charge in [-0.05, 0) is 12.1 Å². The Balaban J connectivity index is 2.38. The van der Waals surface area contributed by atoms with E-state index in [2.05, 4.69) is 28.7 Å². The summed E-state index contributed by atoms with van der Waals surface area (Å²) in [6.45, 7) is 3.81. The van der Waals surface area contributed by atoms with Crippen LogP contribution in [0.3, 0.4) is 0 Å². The molecule has 0 atom stereocenters. The molecule has 0 saturated carbocycles. The van der Waals surface area contributed by atoms with Crippen molar-refractivity contribution in [1.82, 2.24) is 14.4 Å². The Morgan fingerprint density at radius 3 is 2.71 bits per heavy atom. The lowest BCUT2D eigenvalue weighted by atomic mass is 10.1. The van der Waals surface area contributed by atoms with Crippen molar-refractivity contribution < 1.29 is 0 Å². The average Bonchev–Trinajstić information content (AvgIpc) is 2.78. The molecule has 3 aromatic rings. The van der Waals surface area contributed by atoms with Gasteiger partial charge in [0.15, 0.2) is 0 Å². The van der Waals surface area contributed by atoms with Crippen LogP contribution < -0.4 is 0 Å². The molecule has 0 spiro atoms. The fraction of sp³-hybridized carbons (Fsp3) is 0. The van der Waals surface area contributed by atoms with E-state index in [-0.39, 0.29) is 0 Å². The second-order valence-corrected chi connectivity index (χ2v) is 3.71. The summed E-state index contributed by atoms with van der Waals surface area (Å²) >= 11 is 0. The summed E-state index contributed by atoms with van der Waals surface area (Å²) in [5, 5.41) is 0. The minimum atomic E-state index is 0.696. The first-order valence-electron chi connectivity index (χ1n) is 5.41. The molecule has 17 heavy (non-hydrogen) atoms. The molecule has 2 heterocycles. The van der Waals surface area contributed by atoms with Crippen LogP contribution >= 0.6 is 0 Å². The largest absolute Gasteiger partial charge is 0.283 e. The van der Waals surface area contributed by atoms with Crippen molar-refractivity contribution in [2.24, 2.45) is 0 Å². The molecule has 0 saturated heterocycles. The Morgan fingerprint density at radius 1 is 1.12 bits per heavy atom. The van der Waals surface area contributed by atoms with Crippen molar-refractivity contribution in [2.45, 2.75) is 0 Å². The normalized spacial score (nSPS) is 10.6. The lowest BCUT2D eigenvalue weighted by molar-refractivity contribution is 1.11. The van der Waals surface area contributed by atoms with E-state index in [9.17, 15) is 0 Å². The van der Waals surface area contributed by atoms with Gasteiger partial charge in [0, 0.05) is 18.0 Å². The van der Waals surface area contributed by atoms with Crippen LogP contribution in [0.5, 0.6) is 0 Å². The quantitative estimate of drug-likeness (QED) is 0.665. The van der Waals surface area contributed by atoms with Gasteiger partial charge in [0.1, 0.15) is 0 Å². The van der Waals surface area contributed by atoms with Gasteiger partial charge >= 0.3 is 0 Å². The molecule has 3 nitrogen and oxygen atoms in total. The third-order valence-corrected chi connectivity index (χ3v) is 2.67. The van der Waals surface area contributed by atoms with Crippen molar-refractivity contribution >= 4 is 11.9 Å². The van der Waals surface area contributed by atoms with Gasteiger partial charge in [0.2, 0.25) is 5.78 Å². The van der Waals surface area contributed by atoms with E-state index in [0.717, 1.165) is 17.0 Å². The van der Waals surface area contributed by atoms with E-state index >= 15 is 0 Å². The van der Waals surface area contributed by atoms with E-state index in [0.29, 0.717) is 5.78 Å². The van der Waals surface area contributed by atoms with Crippen LogP contribution in [0, 0.1) is 0 Å². The second kappa shape index (κ2) is 3.87. The molecule has 0 aliphatic heterocycles. The Labute approximate surface area is 99.1 Å². The van der Waals surface area contributed by atoms with Crippen molar-refractivity contribution in [3.63, 3.8) is 0 Å².